The first-order valence-electron chi connectivity index (χ1n) is 4.84. The summed E-state index contributed by atoms with van der Waals surface area (Å²) in [4.78, 5) is 0. The number of rotatable bonds is 4. The zero-order chi connectivity index (χ0) is 10.4. The van der Waals surface area contributed by atoms with Crippen LogP contribution in [0.15, 0.2) is 30.3 Å². The normalized spacial score (nSPS) is 11.4. The van der Waals surface area contributed by atoms with E-state index in [0.29, 0.717) is 6.04 Å². The molecule has 1 aromatic rings. The minimum Gasteiger partial charge on any atom is -0.311 e. The van der Waals surface area contributed by atoms with Crippen molar-refractivity contribution in [2.75, 3.05) is 6.54 Å². The Bertz CT molecular complexity index is 288. The van der Waals surface area contributed by atoms with Crippen LogP contribution >= 0.6 is 11.6 Å². The minimum atomic E-state index is 0.532. The monoisotopic (exact) mass is 209 g/mol. The third kappa shape index (κ3) is 4.45. The van der Waals surface area contributed by atoms with Crippen LogP contribution in [-0.2, 0) is 0 Å². The Morgan fingerprint density at radius 1 is 1.29 bits per heavy atom. The van der Waals surface area contributed by atoms with Gasteiger partial charge >= 0.3 is 0 Å². The van der Waals surface area contributed by atoms with Crippen LogP contribution in [0.1, 0.15) is 19.4 Å². The SMILES string of the molecule is CC(C)NCC=Cc1ccc(Cl)cc1. The molecule has 1 nitrogen and oxygen atoms in total. The summed E-state index contributed by atoms with van der Waals surface area (Å²) in [6.45, 7) is 5.17. The van der Waals surface area contributed by atoms with E-state index in [2.05, 4.69) is 31.3 Å². The molecule has 76 valence electrons. The van der Waals surface area contributed by atoms with E-state index in [0.717, 1.165) is 11.6 Å². The lowest BCUT2D eigenvalue weighted by Crippen LogP contribution is -2.22. The first kappa shape index (κ1) is 11.3. The van der Waals surface area contributed by atoms with Crippen molar-refractivity contribution in [2.45, 2.75) is 19.9 Å². The van der Waals surface area contributed by atoms with Crippen LogP contribution in [0.2, 0.25) is 5.02 Å². The number of hydrogen-bond acceptors (Lipinski definition) is 1. The molecule has 0 amide bonds. The highest BCUT2D eigenvalue weighted by Gasteiger charge is 1.88. The average molecular weight is 210 g/mol. The maximum absolute atomic E-state index is 5.78. The van der Waals surface area contributed by atoms with E-state index < -0.39 is 0 Å². The first-order valence-corrected chi connectivity index (χ1v) is 5.22. The summed E-state index contributed by atoms with van der Waals surface area (Å²) in [6.07, 6.45) is 4.20. The van der Waals surface area contributed by atoms with Gasteiger partial charge in [-0.05, 0) is 17.7 Å². The lowest BCUT2D eigenvalue weighted by Gasteiger charge is -2.03. The van der Waals surface area contributed by atoms with Crippen molar-refractivity contribution in [3.8, 4) is 0 Å². The Morgan fingerprint density at radius 2 is 1.93 bits per heavy atom. The standard InChI is InChI=1S/C12H16ClN/c1-10(2)14-9-3-4-11-5-7-12(13)8-6-11/h3-8,10,14H,9H2,1-2H3. The quantitative estimate of drug-likeness (QED) is 0.802. The van der Waals surface area contributed by atoms with E-state index in [1.54, 1.807) is 0 Å². The highest BCUT2D eigenvalue weighted by atomic mass is 35.5. The lowest BCUT2D eigenvalue weighted by atomic mass is 10.2. The minimum absolute atomic E-state index is 0.532. The van der Waals surface area contributed by atoms with Gasteiger partial charge < -0.3 is 5.32 Å². The molecular weight excluding hydrogens is 194 g/mol. The Balaban J connectivity index is 2.40. The van der Waals surface area contributed by atoms with Crippen molar-refractivity contribution in [3.63, 3.8) is 0 Å². The summed E-state index contributed by atoms with van der Waals surface area (Å²) in [5, 5.41) is 4.09. The number of halogens is 1. The molecule has 0 aliphatic rings. The van der Waals surface area contributed by atoms with Crippen molar-refractivity contribution in [3.05, 3.63) is 40.9 Å². The zero-order valence-corrected chi connectivity index (χ0v) is 9.38. The summed E-state index contributed by atoms with van der Waals surface area (Å²) >= 11 is 5.78. The Hall–Kier alpha value is -0.790. The largest absolute Gasteiger partial charge is 0.311 e. The average Bonchev–Trinajstić information content (AvgIpc) is 2.15. The van der Waals surface area contributed by atoms with Crippen molar-refractivity contribution in [1.82, 2.24) is 5.32 Å². The van der Waals surface area contributed by atoms with Gasteiger partial charge in [-0.3, -0.25) is 0 Å². The van der Waals surface area contributed by atoms with Gasteiger partial charge in [0.05, 0.1) is 0 Å². The molecule has 14 heavy (non-hydrogen) atoms. The maximum atomic E-state index is 5.78. The molecule has 1 rings (SSSR count). The fourth-order valence-electron chi connectivity index (χ4n) is 1.07. The van der Waals surface area contributed by atoms with Crippen LogP contribution in [0.3, 0.4) is 0 Å². The summed E-state index contributed by atoms with van der Waals surface area (Å²) in [5.74, 6) is 0. The maximum Gasteiger partial charge on any atom is 0.0406 e. The fourth-order valence-corrected chi connectivity index (χ4v) is 1.20. The van der Waals surface area contributed by atoms with Gasteiger partial charge in [-0.1, -0.05) is 49.7 Å². The lowest BCUT2D eigenvalue weighted by molar-refractivity contribution is 0.633. The third-order valence-corrected chi connectivity index (χ3v) is 2.08. The molecule has 0 unspecified atom stereocenters. The summed E-state index contributed by atoms with van der Waals surface area (Å²) < 4.78 is 0. The molecule has 0 bridgehead atoms. The van der Waals surface area contributed by atoms with Crippen molar-refractivity contribution < 1.29 is 0 Å². The first-order chi connectivity index (χ1) is 6.68. The van der Waals surface area contributed by atoms with E-state index in [9.17, 15) is 0 Å². The molecule has 1 aromatic carbocycles. The smallest absolute Gasteiger partial charge is 0.0406 e. The molecule has 0 radical (unpaired) electrons. The van der Waals surface area contributed by atoms with Gasteiger partial charge in [0.15, 0.2) is 0 Å². The molecule has 0 fully saturated rings. The molecule has 0 spiro atoms. The van der Waals surface area contributed by atoms with E-state index in [4.69, 9.17) is 11.6 Å². The zero-order valence-electron chi connectivity index (χ0n) is 8.63. The van der Waals surface area contributed by atoms with Gasteiger partial charge in [0, 0.05) is 17.6 Å². The van der Waals surface area contributed by atoms with Gasteiger partial charge in [-0.15, -0.1) is 0 Å². The fraction of sp³-hybridized carbons (Fsp3) is 0.333. The van der Waals surface area contributed by atoms with Crippen LogP contribution < -0.4 is 5.32 Å². The number of benzene rings is 1. The van der Waals surface area contributed by atoms with Gasteiger partial charge in [0.25, 0.3) is 0 Å². The second-order valence-electron chi connectivity index (χ2n) is 3.52. The second kappa shape index (κ2) is 5.84. The predicted octanol–water partition coefficient (Wildman–Crippen LogP) is 3.35. The van der Waals surface area contributed by atoms with E-state index in [1.807, 2.05) is 24.3 Å². The molecule has 0 atom stereocenters. The Labute approximate surface area is 90.8 Å². The van der Waals surface area contributed by atoms with Gasteiger partial charge in [0.2, 0.25) is 0 Å². The van der Waals surface area contributed by atoms with Crippen LogP contribution in [0.4, 0.5) is 0 Å². The van der Waals surface area contributed by atoms with Crippen molar-refractivity contribution >= 4 is 17.7 Å². The summed E-state index contributed by atoms with van der Waals surface area (Å²) in [6, 6.07) is 8.35. The molecule has 0 saturated heterocycles. The van der Waals surface area contributed by atoms with Crippen molar-refractivity contribution in [1.29, 1.82) is 0 Å². The molecule has 1 N–H and O–H groups in total. The number of nitrogens with one attached hydrogen (secondary N) is 1. The van der Waals surface area contributed by atoms with Crippen LogP contribution in [0.5, 0.6) is 0 Å². The molecule has 0 aromatic heterocycles. The summed E-state index contributed by atoms with van der Waals surface area (Å²) in [7, 11) is 0. The molecule has 0 aliphatic carbocycles. The van der Waals surface area contributed by atoms with E-state index in [-0.39, 0.29) is 0 Å². The van der Waals surface area contributed by atoms with E-state index in [1.165, 1.54) is 5.56 Å². The van der Waals surface area contributed by atoms with Gasteiger partial charge in [0.1, 0.15) is 0 Å². The Morgan fingerprint density at radius 3 is 2.50 bits per heavy atom. The van der Waals surface area contributed by atoms with Crippen LogP contribution in [-0.4, -0.2) is 12.6 Å². The Kier molecular flexibility index (Phi) is 4.71. The highest BCUT2D eigenvalue weighted by Crippen LogP contribution is 2.10. The van der Waals surface area contributed by atoms with Gasteiger partial charge in [-0.2, -0.15) is 0 Å². The molecule has 0 saturated carbocycles. The second-order valence-corrected chi connectivity index (χ2v) is 3.95. The molecule has 0 heterocycles. The van der Waals surface area contributed by atoms with Crippen LogP contribution in [0, 0.1) is 0 Å². The molecule has 2 heteroatoms. The summed E-state index contributed by atoms with van der Waals surface area (Å²) in [5.41, 5.74) is 1.18. The predicted molar refractivity (Wildman–Crippen MR) is 63.6 cm³/mol. The number of hydrogen-bond donors (Lipinski definition) is 1. The van der Waals surface area contributed by atoms with Gasteiger partial charge in [-0.25, -0.2) is 0 Å². The van der Waals surface area contributed by atoms with Crippen molar-refractivity contribution in [2.24, 2.45) is 0 Å². The van der Waals surface area contributed by atoms with Crippen LogP contribution in [0.25, 0.3) is 6.08 Å². The third-order valence-electron chi connectivity index (χ3n) is 1.82. The molecule has 0 aliphatic heterocycles. The highest BCUT2D eigenvalue weighted by molar-refractivity contribution is 6.30. The van der Waals surface area contributed by atoms with E-state index >= 15 is 0 Å². The topological polar surface area (TPSA) is 12.0 Å². The molecular formula is C12H16ClN.